The molecule has 0 saturated heterocycles. The molecule has 0 aromatic carbocycles. The highest BCUT2D eigenvalue weighted by Gasteiger charge is 2.16. The predicted molar refractivity (Wildman–Crippen MR) is 56.7 cm³/mol. The van der Waals surface area contributed by atoms with E-state index in [0.717, 1.165) is 12.1 Å². The van der Waals surface area contributed by atoms with Gasteiger partial charge in [0.25, 0.3) is 0 Å². The summed E-state index contributed by atoms with van der Waals surface area (Å²) in [6.07, 6.45) is 6.51. The van der Waals surface area contributed by atoms with Crippen molar-refractivity contribution in [3.8, 4) is 0 Å². The molecule has 0 heterocycles. The molecule has 74 valence electrons. The Kier molecular flexibility index (Phi) is 9.34. The Morgan fingerprint density at radius 1 is 1.42 bits per heavy atom. The van der Waals surface area contributed by atoms with Crippen LogP contribution < -0.4 is 11.5 Å². The Bertz CT molecular complexity index is 178. The van der Waals surface area contributed by atoms with Crippen molar-refractivity contribution >= 4 is 24.8 Å². The van der Waals surface area contributed by atoms with Crippen LogP contribution in [0.3, 0.4) is 0 Å². The lowest BCUT2D eigenvalue weighted by Crippen LogP contribution is -2.36. The summed E-state index contributed by atoms with van der Waals surface area (Å²) in [7, 11) is 0. The number of hydrogen-bond donors (Lipinski definition) is 2. The summed E-state index contributed by atoms with van der Waals surface area (Å²) < 4.78 is 0. The number of rotatable bonds is 0. The molecule has 0 aromatic rings. The second-order valence-corrected chi connectivity index (χ2v) is 2.78. The van der Waals surface area contributed by atoms with Gasteiger partial charge in [-0.25, -0.2) is 0 Å². The van der Waals surface area contributed by atoms with Crippen LogP contribution in [0.4, 0.5) is 0 Å². The third kappa shape index (κ3) is 5.43. The fourth-order valence-electron chi connectivity index (χ4n) is 0.949. The van der Waals surface area contributed by atoms with E-state index in [0.29, 0.717) is 0 Å². The van der Waals surface area contributed by atoms with E-state index in [1.165, 1.54) is 0 Å². The second kappa shape index (κ2) is 6.31. The van der Waals surface area contributed by atoms with Gasteiger partial charge in [-0.15, -0.1) is 24.8 Å². The summed E-state index contributed by atoms with van der Waals surface area (Å²) in [5.41, 5.74) is 11.9. The van der Waals surface area contributed by atoms with Crippen LogP contribution in [0.25, 0.3) is 0 Å². The van der Waals surface area contributed by atoms with Gasteiger partial charge in [0.2, 0.25) is 0 Å². The molecular weight excluding hydrogens is 199 g/mol. The van der Waals surface area contributed by atoms with Crippen LogP contribution in [-0.4, -0.2) is 11.0 Å². The van der Waals surface area contributed by atoms with E-state index < -0.39 is 0 Å². The molecule has 12 heavy (non-hydrogen) atoms. The molecule has 0 amide bonds. The molecule has 1 aliphatic carbocycles. The van der Waals surface area contributed by atoms with E-state index in [9.17, 15) is 0 Å². The minimum Gasteiger partial charge on any atom is -0.412 e. The largest absolute Gasteiger partial charge is 0.412 e. The van der Waals surface area contributed by atoms with Crippen molar-refractivity contribution in [2.24, 2.45) is 11.5 Å². The molecule has 0 fully saturated rings. The third-order valence-corrected chi connectivity index (χ3v) is 1.37. The van der Waals surface area contributed by atoms with Crippen LogP contribution in [0.5, 0.6) is 0 Å². The Balaban J connectivity index is -0.000000270. The van der Waals surface area contributed by atoms with E-state index in [-0.39, 0.29) is 35.8 Å². The standard InChI is InChI=1S/C7H12N2.2ClH.H2O/c1-7(9)4-2-3-6(8)5-7;;;/h2-4H,5,8-9H2,1H3;2*1H;1H2. The Labute approximate surface area is 85.0 Å². The minimum atomic E-state index is -0.223. The van der Waals surface area contributed by atoms with Gasteiger partial charge >= 0.3 is 0 Å². The summed E-state index contributed by atoms with van der Waals surface area (Å²) in [4.78, 5) is 0. The average molecular weight is 215 g/mol. The molecule has 0 aromatic heterocycles. The van der Waals surface area contributed by atoms with Crippen molar-refractivity contribution in [2.75, 3.05) is 0 Å². The fourth-order valence-corrected chi connectivity index (χ4v) is 0.949. The van der Waals surface area contributed by atoms with Crippen LogP contribution in [0.2, 0.25) is 0 Å². The van der Waals surface area contributed by atoms with E-state index in [4.69, 9.17) is 11.5 Å². The molecule has 0 radical (unpaired) electrons. The summed E-state index contributed by atoms with van der Waals surface area (Å²) in [5, 5.41) is 0. The van der Waals surface area contributed by atoms with Crippen molar-refractivity contribution in [3.05, 3.63) is 23.9 Å². The van der Waals surface area contributed by atoms with Crippen molar-refractivity contribution in [1.82, 2.24) is 0 Å². The van der Waals surface area contributed by atoms with Crippen LogP contribution in [0, 0.1) is 0 Å². The van der Waals surface area contributed by atoms with Gasteiger partial charge in [-0.05, 0) is 13.0 Å². The van der Waals surface area contributed by atoms with Gasteiger partial charge in [0.15, 0.2) is 0 Å². The molecule has 1 rings (SSSR count). The van der Waals surface area contributed by atoms with Crippen molar-refractivity contribution in [2.45, 2.75) is 18.9 Å². The molecule has 1 aliphatic rings. The van der Waals surface area contributed by atoms with Gasteiger partial charge in [0, 0.05) is 17.7 Å². The maximum Gasteiger partial charge on any atom is 0.0368 e. The lowest BCUT2D eigenvalue weighted by Gasteiger charge is -2.22. The predicted octanol–water partition coefficient (Wildman–Crippen LogP) is 0.525. The molecule has 0 bridgehead atoms. The number of allylic oxidation sites excluding steroid dienone is 2. The van der Waals surface area contributed by atoms with E-state index in [1.54, 1.807) is 0 Å². The molecule has 6 N–H and O–H groups in total. The van der Waals surface area contributed by atoms with Crippen molar-refractivity contribution in [3.63, 3.8) is 0 Å². The molecule has 0 aliphatic heterocycles. The van der Waals surface area contributed by atoms with Crippen LogP contribution in [-0.2, 0) is 0 Å². The summed E-state index contributed by atoms with van der Waals surface area (Å²) in [5.74, 6) is 0. The van der Waals surface area contributed by atoms with Crippen molar-refractivity contribution < 1.29 is 5.48 Å². The van der Waals surface area contributed by atoms with E-state index in [2.05, 4.69) is 0 Å². The summed E-state index contributed by atoms with van der Waals surface area (Å²) >= 11 is 0. The number of nitrogens with two attached hydrogens (primary N) is 2. The molecular formula is C7H16Cl2N2O. The Morgan fingerprint density at radius 3 is 2.17 bits per heavy atom. The zero-order valence-corrected chi connectivity index (χ0v) is 8.54. The quantitative estimate of drug-likeness (QED) is 0.617. The Morgan fingerprint density at radius 2 is 1.92 bits per heavy atom. The molecule has 0 saturated carbocycles. The van der Waals surface area contributed by atoms with E-state index in [1.807, 2.05) is 25.2 Å². The van der Waals surface area contributed by atoms with Crippen LogP contribution >= 0.6 is 24.8 Å². The first kappa shape index (κ1) is 17.8. The van der Waals surface area contributed by atoms with Gasteiger partial charge in [-0.1, -0.05) is 12.2 Å². The zero-order valence-electron chi connectivity index (χ0n) is 6.91. The van der Waals surface area contributed by atoms with Gasteiger partial charge in [0.1, 0.15) is 0 Å². The first-order valence-electron chi connectivity index (χ1n) is 3.03. The highest BCUT2D eigenvalue weighted by Crippen LogP contribution is 2.15. The zero-order chi connectivity index (χ0) is 6.91. The molecule has 1 atom stereocenters. The lowest BCUT2D eigenvalue weighted by molar-refractivity contribution is 0.569. The topological polar surface area (TPSA) is 83.5 Å². The highest BCUT2D eigenvalue weighted by molar-refractivity contribution is 5.85. The third-order valence-electron chi connectivity index (χ3n) is 1.37. The molecule has 1 unspecified atom stereocenters. The smallest absolute Gasteiger partial charge is 0.0368 e. The highest BCUT2D eigenvalue weighted by atomic mass is 35.5. The second-order valence-electron chi connectivity index (χ2n) is 2.78. The van der Waals surface area contributed by atoms with Gasteiger partial charge in [-0.2, -0.15) is 0 Å². The fraction of sp³-hybridized carbons (Fsp3) is 0.429. The molecule has 5 heteroatoms. The normalized spacial score (nSPS) is 25.7. The van der Waals surface area contributed by atoms with Gasteiger partial charge in [0.05, 0.1) is 0 Å². The van der Waals surface area contributed by atoms with Crippen LogP contribution in [0.15, 0.2) is 23.9 Å². The monoisotopic (exact) mass is 214 g/mol. The first-order valence-corrected chi connectivity index (χ1v) is 3.03. The minimum absolute atomic E-state index is 0. The maximum absolute atomic E-state index is 5.76. The average Bonchev–Trinajstić information content (AvgIpc) is 1.60. The number of halogens is 2. The van der Waals surface area contributed by atoms with Gasteiger partial charge in [-0.3, -0.25) is 0 Å². The number of hydrogen-bond acceptors (Lipinski definition) is 2. The first-order chi connectivity index (χ1) is 4.10. The van der Waals surface area contributed by atoms with Gasteiger partial charge < -0.3 is 16.9 Å². The van der Waals surface area contributed by atoms with Crippen molar-refractivity contribution in [1.29, 1.82) is 0 Å². The van der Waals surface area contributed by atoms with E-state index >= 15 is 0 Å². The summed E-state index contributed by atoms with van der Waals surface area (Å²) in [6, 6.07) is 0. The molecule has 0 spiro atoms. The van der Waals surface area contributed by atoms with Crippen LogP contribution in [0.1, 0.15) is 13.3 Å². The summed E-state index contributed by atoms with van der Waals surface area (Å²) in [6.45, 7) is 1.96. The lowest BCUT2D eigenvalue weighted by atomic mass is 9.93. The SMILES string of the molecule is CC1(N)C=CC=C(N)C1.Cl.Cl.O. The maximum atomic E-state index is 5.76. The molecule has 3 nitrogen and oxygen atoms in total. The Hall–Kier alpha value is -0.220.